The molecule has 1 amide bonds. The van der Waals surface area contributed by atoms with Crippen molar-refractivity contribution in [2.24, 2.45) is 0 Å². The van der Waals surface area contributed by atoms with Crippen molar-refractivity contribution in [3.8, 4) is 5.75 Å². The quantitative estimate of drug-likeness (QED) is 0.851. The molecule has 0 aliphatic carbocycles. The lowest BCUT2D eigenvalue weighted by Crippen LogP contribution is -2.44. The molecule has 0 saturated heterocycles. The first-order valence-electron chi connectivity index (χ1n) is 8.44. The number of rotatable bonds is 5. The Bertz CT molecular complexity index is 787. The zero-order valence-electron chi connectivity index (χ0n) is 14.1. The van der Waals surface area contributed by atoms with E-state index in [1.165, 1.54) is 0 Å². The van der Waals surface area contributed by atoms with Crippen LogP contribution in [0, 0.1) is 0 Å². The summed E-state index contributed by atoms with van der Waals surface area (Å²) >= 11 is 0. The van der Waals surface area contributed by atoms with Gasteiger partial charge in [-0.1, -0.05) is 43.3 Å². The van der Waals surface area contributed by atoms with E-state index in [2.05, 4.69) is 0 Å². The Balaban J connectivity index is 1.79. The summed E-state index contributed by atoms with van der Waals surface area (Å²) in [7, 11) is 0. The number of ether oxygens (including phenoxy) is 1. The number of nitrogens with zero attached hydrogens (tertiary/aromatic N) is 1. The third-order valence-corrected chi connectivity index (χ3v) is 4.33. The van der Waals surface area contributed by atoms with Crippen LogP contribution in [0.4, 0.5) is 0 Å². The number of hydrogen-bond acceptors (Lipinski definition) is 4. The van der Waals surface area contributed by atoms with E-state index in [0.717, 1.165) is 12.0 Å². The molecule has 0 radical (unpaired) electrons. The maximum atomic E-state index is 12.9. The van der Waals surface area contributed by atoms with E-state index in [-0.39, 0.29) is 18.2 Å². The van der Waals surface area contributed by atoms with Crippen LogP contribution in [0.1, 0.15) is 34.8 Å². The molecule has 0 spiro atoms. The minimum atomic E-state index is -0.820. The highest BCUT2D eigenvalue weighted by Crippen LogP contribution is 2.23. The number of amides is 1. The number of benzene rings is 2. The number of fused-ring (bicyclic) bond motifs is 1. The van der Waals surface area contributed by atoms with Gasteiger partial charge in [-0.15, -0.1) is 0 Å². The van der Waals surface area contributed by atoms with Crippen molar-refractivity contribution in [1.82, 2.24) is 4.90 Å². The Morgan fingerprint density at radius 1 is 1.20 bits per heavy atom. The predicted molar refractivity (Wildman–Crippen MR) is 93.2 cm³/mol. The summed E-state index contributed by atoms with van der Waals surface area (Å²) in [5, 5.41) is 9.97. The van der Waals surface area contributed by atoms with Gasteiger partial charge in [0.2, 0.25) is 0 Å². The van der Waals surface area contributed by atoms with Gasteiger partial charge in [-0.25, -0.2) is 4.79 Å². The molecule has 1 atom stereocenters. The van der Waals surface area contributed by atoms with Crippen molar-refractivity contribution in [3.63, 3.8) is 0 Å². The molecule has 1 aliphatic rings. The van der Waals surface area contributed by atoms with Gasteiger partial charge in [0.05, 0.1) is 5.56 Å². The Morgan fingerprint density at radius 3 is 2.68 bits per heavy atom. The molecule has 2 aromatic carbocycles. The fourth-order valence-corrected chi connectivity index (χ4v) is 3.06. The number of para-hydroxylation sites is 1. The van der Waals surface area contributed by atoms with E-state index < -0.39 is 12.1 Å². The summed E-state index contributed by atoms with van der Waals surface area (Å²) in [6, 6.07) is 14.1. The first-order valence-corrected chi connectivity index (χ1v) is 8.44. The van der Waals surface area contributed by atoms with Crippen LogP contribution in [0.2, 0.25) is 0 Å². The van der Waals surface area contributed by atoms with Gasteiger partial charge in [0, 0.05) is 25.1 Å². The smallest absolute Gasteiger partial charge is 0.339 e. The molecule has 3 rings (SSSR count). The summed E-state index contributed by atoms with van der Waals surface area (Å²) in [5.74, 6) is -0.533. The summed E-state index contributed by atoms with van der Waals surface area (Å²) in [5.41, 5.74) is 2.03. The lowest BCUT2D eigenvalue weighted by molar-refractivity contribution is -0.141. The maximum absolute atomic E-state index is 12.9. The number of hydrogen-bond donors (Lipinski definition) is 1. The van der Waals surface area contributed by atoms with Crippen molar-refractivity contribution in [1.29, 1.82) is 0 Å². The Labute approximate surface area is 146 Å². The molecule has 2 aromatic rings. The maximum Gasteiger partial charge on any atom is 0.339 e. The average Bonchev–Trinajstić information content (AvgIpc) is 2.62. The Morgan fingerprint density at radius 2 is 1.92 bits per heavy atom. The molecular formula is C20H21NO4. The van der Waals surface area contributed by atoms with E-state index in [9.17, 15) is 14.7 Å². The summed E-state index contributed by atoms with van der Waals surface area (Å²) in [6.45, 7) is 2.80. The van der Waals surface area contributed by atoms with Gasteiger partial charge >= 0.3 is 5.97 Å². The Kier molecular flexibility index (Phi) is 5.03. The van der Waals surface area contributed by atoms with Gasteiger partial charge in [-0.3, -0.25) is 4.79 Å². The largest absolute Gasteiger partial charge is 0.508 e. The van der Waals surface area contributed by atoms with Crippen LogP contribution in [0.25, 0.3) is 0 Å². The molecule has 5 heteroatoms. The number of phenolic OH excluding ortho intramolecular Hbond substituents is 1. The Hall–Kier alpha value is -2.82. The minimum absolute atomic E-state index is 0.155. The van der Waals surface area contributed by atoms with Crippen molar-refractivity contribution >= 4 is 11.9 Å². The molecule has 0 aromatic heterocycles. The van der Waals surface area contributed by atoms with Crippen LogP contribution in [-0.4, -0.2) is 34.5 Å². The molecule has 1 aliphatic heterocycles. The first kappa shape index (κ1) is 17.0. The van der Waals surface area contributed by atoms with Gasteiger partial charge in [0.25, 0.3) is 5.91 Å². The second kappa shape index (κ2) is 7.38. The van der Waals surface area contributed by atoms with Crippen molar-refractivity contribution in [3.05, 3.63) is 65.2 Å². The molecule has 0 fully saturated rings. The number of carbonyl (C=O) groups is 2. The van der Waals surface area contributed by atoms with Crippen molar-refractivity contribution in [2.75, 3.05) is 6.54 Å². The number of aromatic hydroxyl groups is 1. The second-order valence-corrected chi connectivity index (χ2v) is 6.14. The lowest BCUT2D eigenvalue weighted by atomic mass is 9.98. The van der Waals surface area contributed by atoms with E-state index in [4.69, 9.17) is 4.74 Å². The lowest BCUT2D eigenvalue weighted by Gasteiger charge is -2.30. The topological polar surface area (TPSA) is 66.8 Å². The van der Waals surface area contributed by atoms with Crippen molar-refractivity contribution in [2.45, 2.75) is 32.4 Å². The molecule has 0 saturated carbocycles. The summed E-state index contributed by atoms with van der Waals surface area (Å²) in [6.07, 6.45) is 0.331. The molecule has 130 valence electrons. The monoisotopic (exact) mass is 339 g/mol. The first-order chi connectivity index (χ1) is 12.1. The molecule has 25 heavy (non-hydrogen) atoms. The predicted octanol–water partition coefficient (Wildman–Crippen LogP) is 2.91. The van der Waals surface area contributed by atoms with Gasteiger partial charge < -0.3 is 14.7 Å². The zero-order valence-corrected chi connectivity index (χ0v) is 14.1. The van der Waals surface area contributed by atoms with E-state index in [0.29, 0.717) is 24.1 Å². The highest BCUT2D eigenvalue weighted by atomic mass is 16.5. The second-order valence-electron chi connectivity index (χ2n) is 6.14. The highest BCUT2D eigenvalue weighted by molar-refractivity contribution is 5.95. The molecule has 1 N–H and O–H groups in total. The average molecular weight is 339 g/mol. The van der Waals surface area contributed by atoms with Gasteiger partial charge in [0.1, 0.15) is 5.75 Å². The highest BCUT2D eigenvalue weighted by Gasteiger charge is 2.33. The molecule has 1 unspecified atom stereocenters. The number of carbonyl (C=O) groups excluding carboxylic acids is 2. The third kappa shape index (κ3) is 3.65. The summed E-state index contributed by atoms with van der Waals surface area (Å²) < 4.78 is 5.38. The van der Waals surface area contributed by atoms with Crippen LogP contribution in [-0.2, 0) is 22.5 Å². The van der Waals surface area contributed by atoms with Crippen molar-refractivity contribution < 1.29 is 19.4 Å². The molecule has 5 nitrogen and oxygen atoms in total. The number of cyclic esters (lactones) is 1. The van der Waals surface area contributed by atoms with E-state index in [1.54, 1.807) is 35.2 Å². The van der Waals surface area contributed by atoms with Crippen LogP contribution < -0.4 is 0 Å². The normalized spacial score (nSPS) is 16.0. The van der Waals surface area contributed by atoms with Gasteiger partial charge in [0.15, 0.2) is 6.10 Å². The van der Waals surface area contributed by atoms with Gasteiger partial charge in [-0.2, -0.15) is 0 Å². The van der Waals surface area contributed by atoms with Crippen LogP contribution in [0.3, 0.4) is 0 Å². The van der Waals surface area contributed by atoms with Gasteiger partial charge in [-0.05, 0) is 24.1 Å². The standard InChI is InChI=1S/C20H21NO4/c1-2-11-21(13-15-8-4-6-10-17(15)22)19(23)18-12-14-7-3-5-9-16(14)20(24)25-18/h3-10,18,22H,2,11-13H2,1H3. The fraction of sp³-hybridized carbons (Fsp3) is 0.300. The summed E-state index contributed by atoms with van der Waals surface area (Å²) in [4.78, 5) is 26.7. The fourth-order valence-electron chi connectivity index (χ4n) is 3.06. The minimum Gasteiger partial charge on any atom is -0.508 e. The van der Waals surface area contributed by atoms with E-state index >= 15 is 0 Å². The zero-order chi connectivity index (χ0) is 17.8. The molecule has 1 heterocycles. The number of phenols is 1. The SMILES string of the molecule is CCCN(Cc1ccccc1O)C(=O)C1Cc2ccccc2C(=O)O1. The van der Waals surface area contributed by atoms with Crippen LogP contribution >= 0.6 is 0 Å². The molecule has 0 bridgehead atoms. The van der Waals surface area contributed by atoms with E-state index in [1.807, 2.05) is 25.1 Å². The van der Waals surface area contributed by atoms with Crippen LogP contribution in [0.5, 0.6) is 5.75 Å². The molecular weight excluding hydrogens is 318 g/mol. The third-order valence-electron chi connectivity index (χ3n) is 4.33. The number of esters is 1. The van der Waals surface area contributed by atoms with Crippen LogP contribution in [0.15, 0.2) is 48.5 Å².